The molecule has 200 valence electrons. The lowest BCUT2D eigenvalue weighted by atomic mass is 9.94. The fourth-order valence-corrected chi connectivity index (χ4v) is 5.30. The normalized spacial score (nSPS) is 20.6. The Hall–Kier alpha value is -2.40. The van der Waals surface area contributed by atoms with Crippen molar-refractivity contribution in [3.8, 4) is 11.1 Å². The highest BCUT2D eigenvalue weighted by molar-refractivity contribution is 6.30. The number of pyridine rings is 1. The average molecular weight is 582 g/mol. The van der Waals surface area contributed by atoms with Crippen molar-refractivity contribution in [3.63, 3.8) is 0 Å². The molecule has 1 saturated carbocycles. The highest BCUT2D eigenvalue weighted by atomic mass is 35.5. The SMILES string of the molecule is Cl.Cl.O=c1[nH]c(=O)n(CCCN2C[C@@H]3C[C@]3(c3ccc(C(F)(F)F)cc3)C2)cc1-c1cc(Cl)cnc1F. The number of aromatic amines is 1. The second kappa shape index (κ2) is 10.8. The van der Waals surface area contributed by atoms with Gasteiger partial charge in [0.2, 0.25) is 5.95 Å². The molecule has 1 aliphatic carbocycles. The Bertz CT molecular complexity index is 1390. The van der Waals surface area contributed by atoms with Crippen LogP contribution in [0.5, 0.6) is 0 Å². The minimum Gasteiger partial charge on any atom is -0.302 e. The van der Waals surface area contributed by atoms with Gasteiger partial charge in [-0.1, -0.05) is 23.7 Å². The molecule has 0 unspecified atom stereocenters. The molecule has 2 aliphatic rings. The first-order chi connectivity index (χ1) is 16.6. The second-order valence-corrected chi connectivity index (χ2v) is 9.64. The Morgan fingerprint density at radius 1 is 1.11 bits per heavy atom. The predicted octanol–water partition coefficient (Wildman–Crippen LogP) is 4.92. The molecule has 0 radical (unpaired) electrons. The number of likely N-dealkylation sites (tertiary alicyclic amines) is 1. The van der Waals surface area contributed by atoms with Crippen LogP contribution < -0.4 is 11.2 Å². The van der Waals surface area contributed by atoms with E-state index < -0.39 is 28.9 Å². The Morgan fingerprint density at radius 2 is 1.81 bits per heavy atom. The highest BCUT2D eigenvalue weighted by Gasteiger charge is 2.60. The summed E-state index contributed by atoms with van der Waals surface area (Å²) in [4.78, 5) is 32.5. The zero-order valence-electron chi connectivity index (χ0n) is 19.2. The number of rotatable bonds is 6. The van der Waals surface area contributed by atoms with Crippen LogP contribution in [0.2, 0.25) is 5.02 Å². The Labute approximate surface area is 226 Å². The summed E-state index contributed by atoms with van der Waals surface area (Å²) in [5.41, 5.74) is -1.29. The van der Waals surface area contributed by atoms with Gasteiger partial charge in [0, 0.05) is 43.0 Å². The maximum Gasteiger partial charge on any atom is 0.416 e. The van der Waals surface area contributed by atoms with Crippen molar-refractivity contribution in [2.75, 3.05) is 19.6 Å². The van der Waals surface area contributed by atoms with Gasteiger partial charge in [-0.2, -0.15) is 17.6 Å². The average Bonchev–Trinajstić information content (AvgIpc) is 3.38. The van der Waals surface area contributed by atoms with Gasteiger partial charge in [0.15, 0.2) is 0 Å². The van der Waals surface area contributed by atoms with Crippen molar-refractivity contribution in [1.82, 2.24) is 19.4 Å². The molecule has 2 atom stereocenters. The number of benzene rings is 1. The summed E-state index contributed by atoms with van der Waals surface area (Å²) in [6.45, 7) is 2.56. The summed E-state index contributed by atoms with van der Waals surface area (Å²) in [6.07, 6.45) is -0.366. The van der Waals surface area contributed by atoms with Gasteiger partial charge in [-0.05, 0) is 49.1 Å². The molecule has 5 rings (SSSR count). The number of nitrogens with one attached hydrogen (secondary N) is 1. The lowest BCUT2D eigenvalue weighted by Gasteiger charge is -2.21. The van der Waals surface area contributed by atoms with Gasteiger partial charge >= 0.3 is 11.9 Å². The van der Waals surface area contributed by atoms with Gasteiger partial charge in [0.1, 0.15) is 0 Å². The van der Waals surface area contributed by atoms with Crippen molar-refractivity contribution >= 4 is 36.4 Å². The van der Waals surface area contributed by atoms with Gasteiger partial charge in [0.25, 0.3) is 5.56 Å². The molecule has 0 amide bonds. The molecule has 3 aromatic rings. The minimum atomic E-state index is -4.35. The smallest absolute Gasteiger partial charge is 0.302 e. The fraction of sp³-hybridized carbons (Fsp3) is 0.375. The molecular weight excluding hydrogens is 559 g/mol. The summed E-state index contributed by atoms with van der Waals surface area (Å²) in [7, 11) is 0. The second-order valence-electron chi connectivity index (χ2n) is 9.21. The monoisotopic (exact) mass is 580 g/mol. The van der Waals surface area contributed by atoms with Crippen molar-refractivity contribution in [2.45, 2.75) is 31.0 Å². The van der Waals surface area contributed by atoms with Crippen LogP contribution in [-0.2, 0) is 18.1 Å². The maximum absolute atomic E-state index is 14.1. The van der Waals surface area contributed by atoms with Gasteiger partial charge in [-0.25, -0.2) is 9.78 Å². The van der Waals surface area contributed by atoms with E-state index in [1.165, 1.54) is 16.8 Å². The van der Waals surface area contributed by atoms with Gasteiger partial charge in [-0.3, -0.25) is 14.3 Å². The number of H-pyrrole nitrogens is 1. The van der Waals surface area contributed by atoms with Crippen LogP contribution in [0.1, 0.15) is 24.0 Å². The third-order valence-electron chi connectivity index (χ3n) is 6.98. The van der Waals surface area contributed by atoms with Crippen LogP contribution in [-0.4, -0.2) is 39.1 Å². The summed E-state index contributed by atoms with van der Waals surface area (Å²) in [5, 5.41) is 0.160. The first-order valence-corrected chi connectivity index (χ1v) is 11.5. The zero-order valence-corrected chi connectivity index (χ0v) is 21.6. The first kappa shape index (κ1) is 29.2. The number of halogens is 7. The number of hydrogen-bond acceptors (Lipinski definition) is 4. The molecule has 0 spiro atoms. The molecule has 1 aliphatic heterocycles. The number of piperidine rings is 1. The summed E-state index contributed by atoms with van der Waals surface area (Å²) < 4.78 is 54.1. The van der Waals surface area contributed by atoms with Crippen LogP contribution in [0.3, 0.4) is 0 Å². The summed E-state index contributed by atoms with van der Waals surface area (Å²) in [6, 6.07) is 6.72. The molecule has 13 heteroatoms. The van der Waals surface area contributed by atoms with Crippen molar-refractivity contribution in [3.05, 3.63) is 85.7 Å². The van der Waals surface area contributed by atoms with Crippen molar-refractivity contribution in [2.24, 2.45) is 5.92 Å². The van der Waals surface area contributed by atoms with Crippen LogP contribution >= 0.6 is 36.4 Å². The third-order valence-corrected chi connectivity index (χ3v) is 7.19. The van der Waals surface area contributed by atoms with Crippen LogP contribution in [0, 0.1) is 11.9 Å². The van der Waals surface area contributed by atoms with E-state index in [1.54, 1.807) is 12.1 Å². The summed E-state index contributed by atoms with van der Waals surface area (Å²) in [5.74, 6) is -0.463. The molecule has 3 heterocycles. The maximum atomic E-state index is 14.1. The van der Waals surface area contributed by atoms with Crippen LogP contribution in [0.4, 0.5) is 17.6 Å². The lowest BCUT2D eigenvalue weighted by molar-refractivity contribution is -0.137. The van der Waals surface area contributed by atoms with E-state index in [2.05, 4.69) is 14.9 Å². The van der Waals surface area contributed by atoms with E-state index in [9.17, 15) is 27.2 Å². The number of hydrogen-bond donors (Lipinski definition) is 1. The molecular formula is C24H23Cl3F4N4O2. The van der Waals surface area contributed by atoms with E-state index in [4.69, 9.17) is 11.6 Å². The fourth-order valence-electron chi connectivity index (χ4n) is 5.14. The lowest BCUT2D eigenvalue weighted by Crippen LogP contribution is -2.32. The molecule has 37 heavy (non-hydrogen) atoms. The predicted molar refractivity (Wildman–Crippen MR) is 136 cm³/mol. The van der Waals surface area contributed by atoms with Crippen molar-refractivity contribution in [1.29, 1.82) is 0 Å². The van der Waals surface area contributed by atoms with E-state index in [-0.39, 0.29) is 46.4 Å². The van der Waals surface area contributed by atoms with Gasteiger partial charge in [-0.15, -0.1) is 24.8 Å². The quantitative estimate of drug-likeness (QED) is 0.332. The van der Waals surface area contributed by atoms with E-state index in [1.807, 2.05) is 0 Å². The molecule has 1 N–H and O–H groups in total. The zero-order chi connectivity index (χ0) is 25.0. The number of fused-ring (bicyclic) bond motifs is 1. The molecule has 6 nitrogen and oxygen atoms in total. The number of alkyl halides is 3. The Morgan fingerprint density at radius 3 is 2.49 bits per heavy atom. The standard InChI is InChI=1S/C24H21ClF4N4O2.2ClH/c25-17-8-18(20(26)30-10-17)19-12-33(22(35)31-21(19)34)7-1-6-32-11-16-9-23(16,13-32)14-2-4-15(5-3-14)24(27,28)29;;/h2-5,8,10,12,16H,1,6-7,9,11,13H2,(H,31,34,35);2*1H/t16-,23+;;/m0../s1. The highest BCUT2D eigenvalue weighted by Crippen LogP contribution is 2.59. The largest absolute Gasteiger partial charge is 0.416 e. The van der Waals surface area contributed by atoms with E-state index in [0.29, 0.717) is 25.4 Å². The van der Waals surface area contributed by atoms with E-state index in [0.717, 1.165) is 43.4 Å². The third kappa shape index (κ3) is 5.72. The summed E-state index contributed by atoms with van der Waals surface area (Å²) >= 11 is 5.88. The molecule has 1 aromatic carbocycles. The van der Waals surface area contributed by atoms with E-state index >= 15 is 0 Å². The van der Waals surface area contributed by atoms with Gasteiger partial charge < -0.3 is 4.90 Å². The van der Waals surface area contributed by atoms with Crippen molar-refractivity contribution < 1.29 is 17.6 Å². The van der Waals surface area contributed by atoms with Gasteiger partial charge in [0.05, 0.1) is 16.1 Å². The molecule has 1 saturated heterocycles. The number of nitrogens with zero attached hydrogens (tertiary/aromatic N) is 3. The Kier molecular flexibility index (Phi) is 8.48. The Balaban J connectivity index is 0.00000190. The molecule has 0 bridgehead atoms. The van der Waals surface area contributed by atoms with Crippen LogP contribution in [0.15, 0.2) is 52.3 Å². The number of aryl methyl sites for hydroxylation is 1. The molecule has 2 aromatic heterocycles. The topological polar surface area (TPSA) is 71.0 Å². The number of aromatic nitrogens is 3. The molecule has 2 fully saturated rings. The first-order valence-electron chi connectivity index (χ1n) is 11.1. The van der Waals surface area contributed by atoms with Crippen LogP contribution in [0.25, 0.3) is 11.1 Å². The minimum absolute atomic E-state index is 0.